The highest BCUT2D eigenvalue weighted by Gasteiger charge is 2.54. The van der Waals surface area contributed by atoms with E-state index in [9.17, 15) is 10.2 Å². The topological polar surface area (TPSA) is 64.4 Å². The maximum Gasteiger partial charge on any atom is 0.131 e. The van der Waals surface area contributed by atoms with Gasteiger partial charge in [-0.3, -0.25) is 4.90 Å². The van der Waals surface area contributed by atoms with Crippen LogP contribution in [-0.2, 0) is 12.8 Å². The van der Waals surface area contributed by atoms with Crippen LogP contribution in [0.3, 0.4) is 0 Å². The first-order valence-electron chi connectivity index (χ1n) is 17.7. The number of nitrogens with zero attached hydrogens (tertiary/aromatic N) is 3. The third-order valence-corrected chi connectivity index (χ3v) is 13.5. The van der Waals surface area contributed by atoms with Crippen LogP contribution in [0.15, 0.2) is 48.0 Å². The van der Waals surface area contributed by atoms with Gasteiger partial charge in [0.05, 0.1) is 31.4 Å². The second kappa shape index (κ2) is 9.97. The number of phenols is 1. The number of aromatic hydroxyl groups is 1. The van der Waals surface area contributed by atoms with Crippen molar-refractivity contribution in [1.82, 2.24) is 14.5 Å². The van der Waals surface area contributed by atoms with E-state index in [1.165, 1.54) is 64.4 Å². The molecule has 0 saturated carbocycles. The smallest absolute Gasteiger partial charge is 0.131 e. The van der Waals surface area contributed by atoms with Crippen molar-refractivity contribution in [2.24, 2.45) is 11.3 Å². The number of quaternary nitrogens is 1. The van der Waals surface area contributed by atoms with E-state index in [0.29, 0.717) is 23.8 Å². The fourth-order valence-electron chi connectivity index (χ4n) is 11.4. The van der Waals surface area contributed by atoms with Crippen LogP contribution in [-0.4, -0.2) is 69.0 Å². The highest BCUT2D eigenvalue weighted by molar-refractivity contribution is 5.92. The van der Waals surface area contributed by atoms with Gasteiger partial charge in [0.1, 0.15) is 18.3 Å². The summed E-state index contributed by atoms with van der Waals surface area (Å²) in [5.74, 6) is 0.878. The summed E-state index contributed by atoms with van der Waals surface area (Å²) >= 11 is 0. The molecule has 2 aromatic carbocycles. The Bertz CT molecular complexity index is 1870. The van der Waals surface area contributed by atoms with Crippen molar-refractivity contribution in [1.29, 1.82) is 0 Å². The van der Waals surface area contributed by atoms with Crippen LogP contribution in [0.25, 0.3) is 21.8 Å². The van der Waals surface area contributed by atoms with Crippen molar-refractivity contribution in [2.45, 2.75) is 83.3 Å². The molecule has 6 heteroatoms. The van der Waals surface area contributed by atoms with Gasteiger partial charge < -0.3 is 24.2 Å². The number of H-pyrrole nitrogens is 1. The molecule has 4 aromatic rings. The summed E-state index contributed by atoms with van der Waals surface area (Å²) < 4.78 is 3.73. The first kappa shape index (κ1) is 28.2. The van der Waals surface area contributed by atoms with E-state index in [1.54, 1.807) is 11.3 Å². The van der Waals surface area contributed by atoms with Gasteiger partial charge in [0.25, 0.3) is 0 Å². The lowest BCUT2D eigenvalue weighted by atomic mass is 9.62. The third kappa shape index (κ3) is 3.73. The fraction of sp³-hybridized carbons (Fsp3) is 0.538. The molecule has 0 bridgehead atoms. The molecule has 7 heterocycles. The zero-order valence-electron chi connectivity index (χ0n) is 27.3. The van der Waals surface area contributed by atoms with Gasteiger partial charge in [-0.1, -0.05) is 31.2 Å². The van der Waals surface area contributed by atoms with Crippen molar-refractivity contribution < 1.29 is 14.7 Å². The lowest BCUT2D eigenvalue weighted by molar-refractivity contribution is -0.942. The van der Waals surface area contributed by atoms with Crippen molar-refractivity contribution >= 4 is 21.8 Å². The minimum atomic E-state index is 0.0995. The van der Waals surface area contributed by atoms with Gasteiger partial charge in [-0.15, -0.1) is 0 Å². The SMILES string of the molecule is C/C=C1/C[N+]2(C)CCc3c([nH]c4ccc(O)c([C@@H]5C[C@@]6(CC)CCCN7CCc8c(n5c5ccccc85)[C@H]76)c34)[C@H]2C[C@@H]1CCO. The Morgan fingerprint density at radius 1 is 1.11 bits per heavy atom. The van der Waals surface area contributed by atoms with Gasteiger partial charge in [0, 0.05) is 59.1 Å². The second-order valence-electron chi connectivity index (χ2n) is 15.4. The van der Waals surface area contributed by atoms with E-state index in [-0.39, 0.29) is 18.1 Å². The largest absolute Gasteiger partial charge is 0.508 e. The average molecular weight is 606 g/mol. The normalized spacial score (nSPS) is 33.4. The molecule has 6 atom stereocenters. The first-order valence-corrected chi connectivity index (χ1v) is 17.7. The molecule has 5 aliphatic heterocycles. The number of fused-ring (bicyclic) bond motifs is 8. The minimum absolute atomic E-state index is 0.0995. The first-order chi connectivity index (χ1) is 21.9. The molecule has 45 heavy (non-hydrogen) atoms. The van der Waals surface area contributed by atoms with Crippen LogP contribution in [0.1, 0.15) is 98.6 Å². The molecule has 0 aliphatic carbocycles. The van der Waals surface area contributed by atoms with Crippen LogP contribution in [0.2, 0.25) is 0 Å². The van der Waals surface area contributed by atoms with Gasteiger partial charge >= 0.3 is 0 Å². The number of rotatable bonds is 4. The van der Waals surface area contributed by atoms with Crippen LogP contribution in [0.4, 0.5) is 0 Å². The summed E-state index contributed by atoms with van der Waals surface area (Å²) in [4.78, 5) is 6.79. The number of aliphatic hydroxyl groups is 1. The van der Waals surface area contributed by atoms with Gasteiger partial charge in [-0.2, -0.15) is 0 Å². The zero-order chi connectivity index (χ0) is 30.7. The van der Waals surface area contributed by atoms with Crippen LogP contribution >= 0.6 is 0 Å². The summed E-state index contributed by atoms with van der Waals surface area (Å²) in [6.45, 7) is 9.36. The lowest BCUT2D eigenvalue weighted by Crippen LogP contribution is -2.56. The number of aliphatic hydroxyl groups excluding tert-OH is 1. The molecule has 1 unspecified atom stereocenters. The van der Waals surface area contributed by atoms with Crippen molar-refractivity contribution in [3.63, 3.8) is 0 Å². The predicted molar refractivity (Wildman–Crippen MR) is 181 cm³/mol. The Morgan fingerprint density at radius 3 is 2.80 bits per heavy atom. The Morgan fingerprint density at radius 2 is 1.98 bits per heavy atom. The Labute approximate surface area is 266 Å². The number of benzene rings is 2. The van der Waals surface area contributed by atoms with Crippen molar-refractivity contribution in [3.05, 3.63) is 76.1 Å². The van der Waals surface area contributed by atoms with Gasteiger partial charge in [0.15, 0.2) is 0 Å². The lowest BCUT2D eigenvalue weighted by Gasteiger charge is -2.57. The number of hydrogen-bond donors (Lipinski definition) is 3. The molecule has 0 radical (unpaired) electrons. The van der Waals surface area contributed by atoms with E-state index >= 15 is 0 Å². The molecular formula is C39H49N4O2+. The van der Waals surface area contributed by atoms with Crippen molar-refractivity contribution in [2.75, 3.05) is 39.8 Å². The van der Waals surface area contributed by atoms with Gasteiger partial charge in [-0.05, 0) is 98.2 Å². The van der Waals surface area contributed by atoms with E-state index in [0.717, 1.165) is 61.8 Å². The third-order valence-electron chi connectivity index (χ3n) is 13.5. The molecule has 3 N–H and O–H groups in total. The fourth-order valence-corrected chi connectivity index (χ4v) is 11.4. The number of likely N-dealkylation sites (N-methyl/N-ethyl adjacent to an activating group) is 1. The number of nitrogens with one attached hydrogen (secondary N) is 1. The monoisotopic (exact) mass is 605 g/mol. The summed E-state index contributed by atoms with van der Waals surface area (Å²) in [6.07, 6.45) is 11.1. The number of para-hydroxylation sites is 1. The molecule has 0 amide bonds. The molecule has 0 spiro atoms. The molecule has 2 aromatic heterocycles. The molecule has 5 aliphatic rings. The zero-order valence-corrected chi connectivity index (χ0v) is 27.3. The molecule has 9 rings (SSSR count). The number of phenolic OH excluding ortho intramolecular Hbond substituents is 1. The molecule has 236 valence electrons. The summed E-state index contributed by atoms with van der Waals surface area (Å²) in [5.41, 5.74) is 11.3. The Hall–Kier alpha value is -3.06. The molecule has 2 fully saturated rings. The molecular weight excluding hydrogens is 556 g/mol. The predicted octanol–water partition coefficient (Wildman–Crippen LogP) is 7.30. The van der Waals surface area contributed by atoms with E-state index in [4.69, 9.17) is 0 Å². The number of aromatic nitrogens is 2. The van der Waals surface area contributed by atoms with Crippen LogP contribution in [0, 0.1) is 11.3 Å². The number of aromatic amines is 1. The van der Waals surface area contributed by atoms with Crippen LogP contribution < -0.4 is 0 Å². The summed E-state index contributed by atoms with van der Waals surface area (Å²) in [7, 11) is 2.44. The number of hydrogen-bond acceptors (Lipinski definition) is 3. The Kier molecular flexibility index (Phi) is 6.24. The van der Waals surface area contributed by atoms with Gasteiger partial charge in [0.2, 0.25) is 0 Å². The number of piperidine rings is 2. The summed E-state index contributed by atoms with van der Waals surface area (Å²) in [5, 5.41) is 24.6. The highest BCUT2D eigenvalue weighted by Crippen LogP contribution is 2.62. The molecule has 6 nitrogen and oxygen atoms in total. The van der Waals surface area contributed by atoms with E-state index < -0.39 is 0 Å². The average Bonchev–Trinajstić information content (AvgIpc) is 3.60. The Balaban J connectivity index is 1.27. The van der Waals surface area contributed by atoms with E-state index in [1.807, 2.05) is 6.07 Å². The minimum Gasteiger partial charge on any atom is -0.508 e. The second-order valence-corrected chi connectivity index (χ2v) is 15.4. The standard InChI is InChI=1S/C39H48N4O2/c1-4-24-23-43(3)19-14-28-34-29(40-36(28)32(43)21-25(24)15-20-44)11-12-33(45)35(34)31-22-39(5-2)16-8-17-41-18-13-27-26-9-6-7-10-30(26)42(31)37(27)38(39)41/h4,6-7,9-12,25,31-32,38,40,44H,5,8,13-23H2,1-3H3/p+1/b24-4-/t25-,31-,32+,38-,39+,43?/m0/s1. The maximum absolute atomic E-state index is 12.0. The number of allylic oxidation sites excluding steroid dienone is 1. The van der Waals surface area contributed by atoms with Crippen LogP contribution in [0.5, 0.6) is 5.75 Å². The van der Waals surface area contributed by atoms with E-state index in [2.05, 4.69) is 71.8 Å². The maximum atomic E-state index is 12.0. The highest BCUT2D eigenvalue weighted by atomic mass is 16.3. The molecule has 2 saturated heterocycles. The quantitative estimate of drug-likeness (QED) is 0.169. The van der Waals surface area contributed by atoms with Crippen molar-refractivity contribution in [3.8, 4) is 5.75 Å². The van der Waals surface area contributed by atoms with Gasteiger partial charge in [-0.25, -0.2) is 0 Å². The summed E-state index contributed by atoms with van der Waals surface area (Å²) in [6, 6.07) is 14.1.